The number of rotatable bonds is 1. The second-order valence-electron chi connectivity index (χ2n) is 4.80. The third kappa shape index (κ3) is 5.45. The van der Waals surface area contributed by atoms with Gasteiger partial charge in [0, 0.05) is 34.1 Å². The van der Waals surface area contributed by atoms with Crippen LogP contribution < -0.4 is 5.56 Å². The van der Waals surface area contributed by atoms with Crippen LogP contribution in [0.1, 0.15) is 47.3 Å². The SMILES string of the molecule is Cn1c2c(cc(C(=O)O)c1=O)CCCCCC2.O=S(Cl)Cl. The lowest BCUT2D eigenvalue weighted by Gasteiger charge is -2.17. The molecule has 1 aromatic rings. The summed E-state index contributed by atoms with van der Waals surface area (Å²) >= 11 is 0. The van der Waals surface area contributed by atoms with Crippen LogP contribution in [0.25, 0.3) is 0 Å². The number of aromatic nitrogens is 1. The molecule has 1 N–H and O–H groups in total. The number of fused-ring (bicyclic) bond motifs is 1. The second-order valence-corrected chi connectivity index (χ2v) is 7.32. The highest BCUT2D eigenvalue weighted by Crippen LogP contribution is 2.19. The Hall–Kier alpha value is -0.850. The molecule has 1 aliphatic rings. The summed E-state index contributed by atoms with van der Waals surface area (Å²) in [5.74, 6) is -1.13. The van der Waals surface area contributed by atoms with Crippen molar-refractivity contribution in [3.63, 3.8) is 0 Å². The Kier molecular flexibility index (Phi) is 7.42. The van der Waals surface area contributed by atoms with E-state index in [2.05, 4.69) is 21.4 Å². The molecular weight excluding hydrogens is 337 g/mol. The fourth-order valence-electron chi connectivity index (χ4n) is 2.50. The molecule has 0 unspecified atom stereocenters. The van der Waals surface area contributed by atoms with Gasteiger partial charge >= 0.3 is 5.97 Å². The van der Waals surface area contributed by atoms with E-state index in [4.69, 9.17) is 9.32 Å². The first kappa shape index (κ1) is 18.2. The maximum atomic E-state index is 11.9. The molecule has 1 aromatic heterocycles. The standard InChI is InChI=1S/C13H17NO3.Cl2OS/c1-14-11-7-5-3-2-4-6-9(11)8-10(12(14)15)13(16)17;1-4(2)3/h8H,2-7H2,1H3,(H,16,17);. The van der Waals surface area contributed by atoms with E-state index in [0.717, 1.165) is 36.9 Å². The zero-order valence-corrected chi connectivity index (χ0v) is 13.9. The predicted octanol–water partition coefficient (Wildman–Crippen LogP) is 2.79. The van der Waals surface area contributed by atoms with Crippen molar-refractivity contribution >= 4 is 36.6 Å². The molecule has 0 radical (unpaired) electrons. The van der Waals surface area contributed by atoms with E-state index >= 15 is 0 Å². The molecule has 0 saturated carbocycles. The van der Waals surface area contributed by atoms with Crippen molar-refractivity contribution in [2.75, 3.05) is 0 Å². The van der Waals surface area contributed by atoms with E-state index < -0.39 is 20.8 Å². The second kappa shape index (κ2) is 8.56. The Morgan fingerprint density at radius 1 is 1.24 bits per heavy atom. The van der Waals surface area contributed by atoms with Gasteiger partial charge in [-0.2, -0.15) is 0 Å². The first-order chi connectivity index (χ1) is 9.84. The topological polar surface area (TPSA) is 76.4 Å². The Bertz CT molecular complexity index is 597. The molecule has 0 aliphatic heterocycles. The van der Waals surface area contributed by atoms with Crippen LogP contribution in [-0.2, 0) is 29.1 Å². The van der Waals surface area contributed by atoms with E-state index in [0.29, 0.717) is 0 Å². The molecule has 21 heavy (non-hydrogen) atoms. The number of pyridine rings is 1. The number of nitrogens with zero attached hydrogens (tertiary/aromatic N) is 1. The van der Waals surface area contributed by atoms with Crippen molar-refractivity contribution in [3.05, 3.63) is 33.2 Å². The van der Waals surface area contributed by atoms with Gasteiger partial charge in [-0.3, -0.25) is 4.79 Å². The van der Waals surface area contributed by atoms with Crippen LogP contribution in [0.5, 0.6) is 0 Å². The Morgan fingerprint density at radius 3 is 2.29 bits per heavy atom. The number of halogens is 2. The highest BCUT2D eigenvalue weighted by molar-refractivity contribution is 8.26. The lowest BCUT2D eigenvalue weighted by atomic mass is 9.96. The highest BCUT2D eigenvalue weighted by atomic mass is 36.0. The van der Waals surface area contributed by atoms with Gasteiger partial charge in [0.05, 0.1) is 0 Å². The van der Waals surface area contributed by atoms with Gasteiger partial charge in [0.2, 0.25) is 9.23 Å². The number of hydrogen-bond donors (Lipinski definition) is 1. The number of hydrogen-bond acceptors (Lipinski definition) is 3. The molecular formula is C13H17Cl2NO4S. The lowest BCUT2D eigenvalue weighted by molar-refractivity contribution is 0.0694. The van der Waals surface area contributed by atoms with E-state index in [1.54, 1.807) is 13.1 Å². The van der Waals surface area contributed by atoms with Crippen molar-refractivity contribution < 1.29 is 14.1 Å². The molecule has 0 atom stereocenters. The normalized spacial score (nSPS) is 14.5. The fraction of sp³-hybridized carbons (Fsp3) is 0.538. The summed E-state index contributed by atoms with van der Waals surface area (Å²) in [6.45, 7) is 0. The summed E-state index contributed by atoms with van der Waals surface area (Å²) < 4.78 is 10.6. The molecule has 1 heterocycles. The summed E-state index contributed by atoms with van der Waals surface area (Å²) in [5, 5.41) is 9.00. The summed E-state index contributed by atoms with van der Waals surface area (Å²) in [7, 11) is 9.03. The van der Waals surface area contributed by atoms with Crippen LogP contribution in [0.15, 0.2) is 10.9 Å². The molecule has 0 saturated heterocycles. The number of carboxylic acids is 1. The highest BCUT2D eigenvalue weighted by Gasteiger charge is 2.17. The summed E-state index contributed by atoms with van der Waals surface area (Å²) in [6.07, 6.45) is 6.28. The van der Waals surface area contributed by atoms with Crippen molar-refractivity contribution in [2.45, 2.75) is 38.5 Å². The predicted molar refractivity (Wildman–Crippen MR) is 84.4 cm³/mol. The molecule has 5 nitrogen and oxygen atoms in total. The van der Waals surface area contributed by atoms with Gasteiger partial charge in [-0.1, -0.05) is 12.8 Å². The molecule has 1 aliphatic carbocycles. The van der Waals surface area contributed by atoms with Crippen LogP contribution in [-0.4, -0.2) is 19.9 Å². The smallest absolute Gasteiger partial charge is 0.341 e. The van der Waals surface area contributed by atoms with Crippen molar-refractivity contribution in [2.24, 2.45) is 7.05 Å². The number of carboxylic acid groups (broad SMARTS) is 1. The van der Waals surface area contributed by atoms with Gasteiger partial charge in [-0.15, -0.1) is 0 Å². The van der Waals surface area contributed by atoms with Crippen LogP contribution in [0.2, 0.25) is 0 Å². The molecule has 0 spiro atoms. The minimum absolute atomic E-state index is 0.105. The van der Waals surface area contributed by atoms with Gasteiger partial charge in [0.1, 0.15) is 5.56 Å². The zero-order valence-electron chi connectivity index (χ0n) is 11.6. The number of carbonyl (C=O) groups is 1. The summed E-state index contributed by atoms with van der Waals surface area (Å²) in [4.78, 5) is 22.9. The fourth-order valence-corrected chi connectivity index (χ4v) is 2.50. The zero-order chi connectivity index (χ0) is 16.0. The molecule has 0 bridgehead atoms. The first-order valence-corrected chi connectivity index (χ1v) is 9.34. The van der Waals surface area contributed by atoms with Crippen LogP contribution in [0.3, 0.4) is 0 Å². The quantitative estimate of drug-likeness (QED) is 0.787. The maximum absolute atomic E-state index is 11.9. The molecule has 118 valence electrons. The number of aromatic carboxylic acids is 1. The van der Waals surface area contributed by atoms with E-state index in [1.807, 2.05) is 0 Å². The lowest BCUT2D eigenvalue weighted by Crippen LogP contribution is -2.28. The average Bonchev–Trinajstić information content (AvgIpc) is 2.34. The van der Waals surface area contributed by atoms with Gasteiger partial charge in [-0.05, 0) is 37.3 Å². The Morgan fingerprint density at radius 2 is 1.76 bits per heavy atom. The van der Waals surface area contributed by atoms with Gasteiger partial charge < -0.3 is 9.67 Å². The minimum atomic E-state index is -1.67. The van der Waals surface area contributed by atoms with Crippen LogP contribution in [0.4, 0.5) is 0 Å². The van der Waals surface area contributed by atoms with Gasteiger partial charge in [-0.25, -0.2) is 9.00 Å². The first-order valence-electron chi connectivity index (χ1n) is 6.54. The molecule has 2 rings (SSSR count). The summed E-state index contributed by atoms with van der Waals surface area (Å²) in [6, 6.07) is 1.57. The van der Waals surface area contributed by atoms with Crippen molar-refractivity contribution in [1.82, 2.24) is 4.57 Å². The molecule has 8 heteroatoms. The van der Waals surface area contributed by atoms with Crippen LogP contribution in [0, 0.1) is 0 Å². The third-order valence-electron chi connectivity index (χ3n) is 3.47. The Labute approximate surface area is 134 Å². The molecule has 0 amide bonds. The minimum Gasteiger partial charge on any atom is -0.477 e. The Balaban J connectivity index is 0.000000491. The summed E-state index contributed by atoms with van der Waals surface area (Å²) in [5.41, 5.74) is 1.55. The number of aryl methyl sites for hydroxylation is 1. The third-order valence-corrected chi connectivity index (χ3v) is 3.47. The molecule has 0 aromatic carbocycles. The van der Waals surface area contributed by atoms with Crippen molar-refractivity contribution in [1.29, 1.82) is 0 Å². The van der Waals surface area contributed by atoms with E-state index in [1.165, 1.54) is 17.4 Å². The van der Waals surface area contributed by atoms with E-state index in [9.17, 15) is 9.59 Å². The monoisotopic (exact) mass is 353 g/mol. The largest absolute Gasteiger partial charge is 0.477 e. The van der Waals surface area contributed by atoms with Gasteiger partial charge in [0.25, 0.3) is 5.56 Å². The van der Waals surface area contributed by atoms with Crippen molar-refractivity contribution in [3.8, 4) is 0 Å². The van der Waals surface area contributed by atoms with Crippen LogP contribution >= 0.6 is 21.4 Å². The van der Waals surface area contributed by atoms with E-state index in [-0.39, 0.29) is 5.56 Å². The molecule has 0 fully saturated rings. The average molecular weight is 354 g/mol. The van der Waals surface area contributed by atoms with Gasteiger partial charge in [0.15, 0.2) is 0 Å². The maximum Gasteiger partial charge on any atom is 0.341 e.